The molecule has 0 N–H and O–H groups in total. The highest BCUT2D eigenvalue weighted by molar-refractivity contribution is 9.10. The molecule has 0 spiro atoms. The first-order chi connectivity index (χ1) is 8.54. The van der Waals surface area contributed by atoms with E-state index in [9.17, 15) is 9.18 Å². The van der Waals surface area contributed by atoms with Crippen LogP contribution in [0.1, 0.15) is 10.4 Å². The molecule has 1 nitrogen and oxygen atoms in total. The zero-order valence-electron chi connectivity index (χ0n) is 8.88. The summed E-state index contributed by atoms with van der Waals surface area (Å²) < 4.78 is 14.5. The molecular weight excluding hydrogens is 342 g/mol. The zero-order valence-corrected chi connectivity index (χ0v) is 12.0. The van der Waals surface area contributed by atoms with Crippen LogP contribution in [0.25, 0.3) is 11.1 Å². The molecule has 18 heavy (non-hydrogen) atoms. The van der Waals surface area contributed by atoms with E-state index in [1.807, 2.05) is 0 Å². The van der Waals surface area contributed by atoms with Crippen LogP contribution in [0.3, 0.4) is 0 Å². The lowest BCUT2D eigenvalue weighted by Crippen LogP contribution is -1.89. The van der Waals surface area contributed by atoms with Crippen LogP contribution in [0.2, 0.25) is 10.0 Å². The third kappa shape index (κ3) is 2.44. The number of rotatable bonds is 2. The van der Waals surface area contributed by atoms with Crippen molar-refractivity contribution < 1.29 is 9.18 Å². The first-order valence-corrected chi connectivity index (χ1v) is 6.48. The molecule has 0 heterocycles. The Morgan fingerprint density at radius 2 is 1.78 bits per heavy atom. The van der Waals surface area contributed by atoms with Crippen LogP contribution in [0.5, 0.6) is 0 Å². The molecule has 0 aliphatic carbocycles. The van der Waals surface area contributed by atoms with Crippen LogP contribution < -0.4 is 0 Å². The molecule has 0 atom stereocenters. The maximum Gasteiger partial charge on any atom is 0.150 e. The fraction of sp³-hybridized carbons (Fsp3) is 0. The van der Waals surface area contributed by atoms with Gasteiger partial charge in [0.1, 0.15) is 6.29 Å². The van der Waals surface area contributed by atoms with Crippen molar-refractivity contribution in [2.75, 3.05) is 0 Å². The highest BCUT2D eigenvalue weighted by Crippen LogP contribution is 2.36. The van der Waals surface area contributed by atoms with E-state index in [1.54, 1.807) is 24.3 Å². The van der Waals surface area contributed by atoms with Gasteiger partial charge < -0.3 is 0 Å². The Labute approximate surface area is 122 Å². The summed E-state index contributed by atoms with van der Waals surface area (Å²) in [5.41, 5.74) is 1.23. The average molecular weight is 348 g/mol. The first kappa shape index (κ1) is 13.5. The van der Waals surface area contributed by atoms with Gasteiger partial charge in [0.05, 0.1) is 5.02 Å². The molecular formula is C13H6BrCl2FO. The van der Waals surface area contributed by atoms with Gasteiger partial charge in [0.25, 0.3) is 0 Å². The third-order valence-corrected chi connectivity index (χ3v) is 4.03. The summed E-state index contributed by atoms with van der Waals surface area (Å²) in [4.78, 5) is 10.6. The number of benzene rings is 2. The van der Waals surface area contributed by atoms with Crippen molar-refractivity contribution in [3.05, 3.63) is 56.2 Å². The Kier molecular flexibility index (Phi) is 4.05. The maximum absolute atomic E-state index is 14.0. The van der Waals surface area contributed by atoms with Crippen LogP contribution >= 0.6 is 39.1 Å². The predicted molar refractivity (Wildman–Crippen MR) is 74.9 cm³/mol. The molecule has 0 fully saturated rings. The molecule has 0 bridgehead atoms. The molecule has 0 aliphatic rings. The van der Waals surface area contributed by atoms with Gasteiger partial charge in [-0.25, -0.2) is 4.39 Å². The summed E-state index contributed by atoms with van der Waals surface area (Å²) in [5, 5.41) is 0.305. The monoisotopic (exact) mass is 346 g/mol. The van der Waals surface area contributed by atoms with Crippen molar-refractivity contribution in [1.82, 2.24) is 0 Å². The summed E-state index contributed by atoms with van der Waals surface area (Å²) in [6.07, 6.45) is 0.681. The molecule has 0 radical (unpaired) electrons. The summed E-state index contributed by atoms with van der Waals surface area (Å²) in [7, 11) is 0. The van der Waals surface area contributed by atoms with Crippen molar-refractivity contribution in [1.29, 1.82) is 0 Å². The zero-order chi connectivity index (χ0) is 13.3. The van der Waals surface area contributed by atoms with E-state index in [1.165, 1.54) is 6.07 Å². The molecule has 0 aliphatic heterocycles. The lowest BCUT2D eigenvalue weighted by Gasteiger charge is -2.08. The summed E-state index contributed by atoms with van der Waals surface area (Å²) in [6.45, 7) is 0. The number of aldehydes is 1. The Balaban J connectivity index is 2.62. The standard InChI is InChI=1S/C13H6BrCl2FO/c14-10-4-3-9(13(17)12(10)16)8-2-1-7(6-18)5-11(8)15/h1-6H. The number of hydrogen-bond acceptors (Lipinski definition) is 1. The van der Waals surface area contributed by atoms with Gasteiger partial charge in [-0.15, -0.1) is 0 Å². The van der Waals surface area contributed by atoms with Crippen molar-refractivity contribution in [2.24, 2.45) is 0 Å². The molecule has 0 unspecified atom stereocenters. The van der Waals surface area contributed by atoms with Gasteiger partial charge in [-0.3, -0.25) is 4.79 Å². The highest BCUT2D eigenvalue weighted by atomic mass is 79.9. The fourth-order valence-corrected chi connectivity index (χ4v) is 2.32. The van der Waals surface area contributed by atoms with Gasteiger partial charge in [0, 0.05) is 26.2 Å². The van der Waals surface area contributed by atoms with Crippen LogP contribution in [0, 0.1) is 5.82 Å². The Morgan fingerprint density at radius 1 is 1.11 bits per heavy atom. The van der Waals surface area contributed by atoms with Crippen molar-refractivity contribution in [3.63, 3.8) is 0 Å². The topological polar surface area (TPSA) is 17.1 Å². The van der Waals surface area contributed by atoms with Gasteiger partial charge >= 0.3 is 0 Å². The molecule has 5 heteroatoms. The van der Waals surface area contributed by atoms with Crippen LogP contribution in [-0.4, -0.2) is 6.29 Å². The highest BCUT2D eigenvalue weighted by Gasteiger charge is 2.14. The Morgan fingerprint density at radius 3 is 2.39 bits per heavy atom. The van der Waals surface area contributed by atoms with E-state index in [4.69, 9.17) is 23.2 Å². The lowest BCUT2D eigenvalue weighted by molar-refractivity contribution is 0.112. The molecule has 0 saturated carbocycles. The quantitative estimate of drug-likeness (QED) is 0.527. The van der Waals surface area contributed by atoms with Crippen LogP contribution in [0.4, 0.5) is 4.39 Å². The van der Waals surface area contributed by atoms with E-state index < -0.39 is 5.82 Å². The minimum Gasteiger partial charge on any atom is -0.298 e. The van der Waals surface area contributed by atoms with Crippen molar-refractivity contribution >= 4 is 45.4 Å². The minimum atomic E-state index is -0.549. The van der Waals surface area contributed by atoms with E-state index in [0.717, 1.165) is 0 Å². The van der Waals surface area contributed by atoms with Gasteiger partial charge in [-0.2, -0.15) is 0 Å². The average Bonchev–Trinajstić information content (AvgIpc) is 2.37. The van der Waals surface area contributed by atoms with E-state index in [0.29, 0.717) is 32.5 Å². The normalized spacial score (nSPS) is 10.4. The van der Waals surface area contributed by atoms with Gasteiger partial charge in [0.2, 0.25) is 0 Å². The summed E-state index contributed by atoms with van der Waals surface area (Å²) in [6, 6.07) is 7.87. The second-order valence-corrected chi connectivity index (χ2v) is 5.22. The summed E-state index contributed by atoms with van der Waals surface area (Å²) in [5.74, 6) is -0.549. The second-order valence-electron chi connectivity index (χ2n) is 3.58. The number of hydrogen-bond donors (Lipinski definition) is 0. The molecule has 2 rings (SSSR count). The lowest BCUT2D eigenvalue weighted by atomic mass is 10.0. The Hall–Kier alpha value is -0.900. The maximum atomic E-state index is 14.0. The van der Waals surface area contributed by atoms with Crippen molar-refractivity contribution in [3.8, 4) is 11.1 Å². The van der Waals surface area contributed by atoms with Gasteiger partial charge in [0.15, 0.2) is 5.82 Å². The number of carbonyl (C=O) groups excluding carboxylic acids is 1. The molecule has 0 amide bonds. The van der Waals surface area contributed by atoms with E-state index in [-0.39, 0.29) is 5.02 Å². The van der Waals surface area contributed by atoms with Gasteiger partial charge in [-0.05, 0) is 28.1 Å². The largest absolute Gasteiger partial charge is 0.298 e. The molecule has 2 aromatic carbocycles. The van der Waals surface area contributed by atoms with Crippen LogP contribution in [0.15, 0.2) is 34.8 Å². The van der Waals surface area contributed by atoms with Crippen LogP contribution in [-0.2, 0) is 0 Å². The molecule has 92 valence electrons. The molecule has 0 aromatic heterocycles. The predicted octanol–water partition coefficient (Wildman–Crippen LogP) is 5.37. The van der Waals surface area contributed by atoms with Gasteiger partial charge in [-0.1, -0.05) is 41.4 Å². The number of halogens is 4. The molecule has 0 saturated heterocycles. The molecule has 2 aromatic rings. The number of carbonyl (C=O) groups is 1. The first-order valence-electron chi connectivity index (χ1n) is 4.93. The fourth-order valence-electron chi connectivity index (χ4n) is 1.56. The Bertz CT molecular complexity index is 629. The smallest absolute Gasteiger partial charge is 0.150 e. The SMILES string of the molecule is O=Cc1ccc(-c2ccc(Br)c(Cl)c2F)c(Cl)c1. The minimum absolute atomic E-state index is 0.00281. The van der Waals surface area contributed by atoms with Crippen molar-refractivity contribution in [2.45, 2.75) is 0 Å². The third-order valence-electron chi connectivity index (χ3n) is 2.45. The van der Waals surface area contributed by atoms with E-state index >= 15 is 0 Å². The second kappa shape index (κ2) is 5.39. The summed E-state index contributed by atoms with van der Waals surface area (Å²) >= 11 is 15.0. The van der Waals surface area contributed by atoms with E-state index in [2.05, 4.69) is 15.9 Å².